The predicted molar refractivity (Wildman–Crippen MR) is 66.7 cm³/mol. The first-order chi connectivity index (χ1) is 8.29. The molecule has 0 saturated heterocycles. The molecule has 3 heteroatoms. The van der Waals surface area contributed by atoms with E-state index in [4.69, 9.17) is 4.42 Å². The second-order valence-electron chi connectivity index (χ2n) is 4.21. The van der Waals surface area contributed by atoms with E-state index in [1.165, 1.54) is 6.20 Å². The second-order valence-corrected chi connectivity index (χ2v) is 4.21. The number of aryl methyl sites for hydroxylation is 1. The molecule has 2 heterocycles. The molecule has 0 aliphatic heterocycles. The van der Waals surface area contributed by atoms with Crippen molar-refractivity contribution < 1.29 is 9.15 Å². The van der Waals surface area contributed by atoms with Crippen LogP contribution in [-0.2, 0) is 6.42 Å². The van der Waals surface area contributed by atoms with Gasteiger partial charge in [0.25, 0.3) is 0 Å². The number of rotatable bonds is 2. The molecule has 0 saturated carbocycles. The number of fused-ring (bicyclic) bond motifs is 3. The quantitative estimate of drug-likeness (QED) is 0.498. The Morgan fingerprint density at radius 1 is 1.24 bits per heavy atom. The SMILES string of the molecule is CCCc1cc2c(c[n+]([O-])c3ccccc23)o1. The number of hydrogen-bond acceptors (Lipinski definition) is 2. The fraction of sp³-hybridized carbons (Fsp3) is 0.214. The maximum Gasteiger partial charge on any atom is 0.224 e. The molecule has 0 aliphatic rings. The summed E-state index contributed by atoms with van der Waals surface area (Å²) in [6.45, 7) is 2.11. The summed E-state index contributed by atoms with van der Waals surface area (Å²) in [7, 11) is 0. The standard InChI is InChI=1S/C14H13NO2/c1-2-5-10-8-12-11-6-3-4-7-13(11)15(16)9-14(12)17-10/h3-4,6-9H,2,5H2,1H3. The monoisotopic (exact) mass is 227 g/mol. The van der Waals surface area contributed by atoms with Gasteiger partial charge in [0.1, 0.15) is 5.76 Å². The zero-order chi connectivity index (χ0) is 11.8. The third-order valence-electron chi connectivity index (χ3n) is 2.97. The zero-order valence-corrected chi connectivity index (χ0v) is 9.64. The van der Waals surface area contributed by atoms with Gasteiger partial charge in [-0.3, -0.25) is 0 Å². The molecule has 3 rings (SSSR count). The number of hydrogen-bond donors (Lipinski definition) is 0. The highest BCUT2D eigenvalue weighted by Gasteiger charge is 2.13. The maximum absolute atomic E-state index is 11.8. The Labute approximate surface area is 98.9 Å². The van der Waals surface area contributed by atoms with E-state index in [2.05, 4.69) is 6.92 Å². The van der Waals surface area contributed by atoms with E-state index in [1.54, 1.807) is 0 Å². The lowest BCUT2D eigenvalue weighted by Gasteiger charge is -2.00. The van der Waals surface area contributed by atoms with Crippen molar-refractivity contribution in [1.82, 2.24) is 0 Å². The van der Waals surface area contributed by atoms with Crippen molar-refractivity contribution in [1.29, 1.82) is 0 Å². The van der Waals surface area contributed by atoms with Gasteiger partial charge in [-0.25, -0.2) is 0 Å². The Bertz CT molecular complexity index is 685. The van der Waals surface area contributed by atoms with Crippen molar-refractivity contribution in [2.24, 2.45) is 0 Å². The van der Waals surface area contributed by atoms with E-state index in [9.17, 15) is 5.21 Å². The second kappa shape index (κ2) is 3.77. The molecule has 0 atom stereocenters. The molecule has 3 aromatic rings. The van der Waals surface area contributed by atoms with E-state index >= 15 is 0 Å². The molecule has 0 aliphatic carbocycles. The number of pyridine rings is 1. The molecule has 0 bridgehead atoms. The number of benzene rings is 1. The topological polar surface area (TPSA) is 40.1 Å². The Hall–Kier alpha value is -2.03. The lowest BCUT2D eigenvalue weighted by molar-refractivity contribution is -0.575. The molecule has 0 unspecified atom stereocenters. The highest BCUT2D eigenvalue weighted by atomic mass is 16.5. The van der Waals surface area contributed by atoms with E-state index in [-0.39, 0.29) is 0 Å². The van der Waals surface area contributed by atoms with Gasteiger partial charge in [-0.2, -0.15) is 4.73 Å². The summed E-state index contributed by atoms with van der Waals surface area (Å²) in [6.07, 6.45) is 3.45. The van der Waals surface area contributed by atoms with Gasteiger partial charge in [0.2, 0.25) is 11.7 Å². The minimum absolute atomic E-state index is 0.669. The fourth-order valence-corrected chi connectivity index (χ4v) is 2.20. The number of para-hydroxylation sites is 1. The minimum atomic E-state index is 0.669. The van der Waals surface area contributed by atoms with Gasteiger partial charge in [-0.1, -0.05) is 19.1 Å². The summed E-state index contributed by atoms with van der Waals surface area (Å²) >= 11 is 0. The van der Waals surface area contributed by atoms with Crippen molar-refractivity contribution in [3.8, 4) is 0 Å². The Balaban J connectivity index is 2.38. The van der Waals surface area contributed by atoms with E-state index in [0.717, 1.165) is 34.1 Å². The van der Waals surface area contributed by atoms with E-state index in [1.807, 2.05) is 30.3 Å². The summed E-state index contributed by atoms with van der Waals surface area (Å²) in [5.74, 6) is 0.943. The molecule has 0 N–H and O–H groups in total. The number of aromatic nitrogens is 1. The fourth-order valence-electron chi connectivity index (χ4n) is 2.20. The van der Waals surface area contributed by atoms with Crippen molar-refractivity contribution in [3.05, 3.63) is 47.5 Å². The molecule has 2 aromatic heterocycles. The largest absolute Gasteiger partial charge is 0.618 e. The summed E-state index contributed by atoms with van der Waals surface area (Å²) < 4.78 is 6.55. The Morgan fingerprint density at radius 3 is 2.88 bits per heavy atom. The molecule has 0 radical (unpaired) electrons. The van der Waals surface area contributed by atoms with E-state index < -0.39 is 0 Å². The molecule has 86 valence electrons. The highest BCUT2D eigenvalue weighted by Crippen LogP contribution is 2.26. The molecule has 0 fully saturated rings. The summed E-state index contributed by atoms with van der Waals surface area (Å²) in [4.78, 5) is 0. The van der Waals surface area contributed by atoms with Crippen LogP contribution in [0.4, 0.5) is 0 Å². The summed E-state index contributed by atoms with van der Waals surface area (Å²) in [5, 5.41) is 13.8. The highest BCUT2D eigenvalue weighted by molar-refractivity contribution is 6.02. The molecule has 0 amide bonds. The van der Waals surface area contributed by atoms with Crippen LogP contribution in [0, 0.1) is 5.21 Å². The minimum Gasteiger partial charge on any atom is -0.618 e. The van der Waals surface area contributed by atoms with Crippen molar-refractivity contribution >= 4 is 21.9 Å². The summed E-state index contributed by atoms with van der Waals surface area (Å²) in [5.41, 5.74) is 1.35. The van der Waals surface area contributed by atoms with Gasteiger partial charge >= 0.3 is 0 Å². The molecular formula is C14H13NO2. The number of nitrogens with zero attached hydrogens (tertiary/aromatic N) is 1. The first-order valence-corrected chi connectivity index (χ1v) is 5.83. The van der Waals surface area contributed by atoms with Crippen molar-refractivity contribution in [2.45, 2.75) is 19.8 Å². The van der Waals surface area contributed by atoms with Gasteiger partial charge < -0.3 is 9.62 Å². The van der Waals surface area contributed by atoms with Crippen LogP contribution in [0.3, 0.4) is 0 Å². The van der Waals surface area contributed by atoms with Crippen LogP contribution in [0.1, 0.15) is 19.1 Å². The van der Waals surface area contributed by atoms with Crippen LogP contribution < -0.4 is 4.73 Å². The molecule has 0 spiro atoms. The van der Waals surface area contributed by atoms with Crippen LogP contribution >= 0.6 is 0 Å². The van der Waals surface area contributed by atoms with Gasteiger partial charge in [-0.05, 0) is 18.6 Å². The van der Waals surface area contributed by atoms with Gasteiger partial charge in [0.15, 0.2) is 5.58 Å². The van der Waals surface area contributed by atoms with Crippen molar-refractivity contribution in [3.63, 3.8) is 0 Å². The lowest BCUT2D eigenvalue weighted by atomic mass is 10.1. The van der Waals surface area contributed by atoms with E-state index in [0.29, 0.717) is 11.1 Å². The van der Waals surface area contributed by atoms with Crippen LogP contribution in [0.5, 0.6) is 0 Å². The Morgan fingerprint density at radius 2 is 2.06 bits per heavy atom. The zero-order valence-electron chi connectivity index (χ0n) is 9.64. The third-order valence-corrected chi connectivity index (χ3v) is 2.97. The first kappa shape index (κ1) is 10.1. The van der Waals surface area contributed by atoms with Gasteiger partial charge in [-0.15, -0.1) is 0 Å². The predicted octanol–water partition coefficient (Wildman–Crippen LogP) is 3.17. The average Bonchev–Trinajstić information content (AvgIpc) is 2.73. The molecule has 17 heavy (non-hydrogen) atoms. The third kappa shape index (κ3) is 1.55. The normalized spacial score (nSPS) is 11.4. The Kier molecular flexibility index (Phi) is 2.25. The number of furan rings is 1. The average molecular weight is 227 g/mol. The van der Waals surface area contributed by atoms with Crippen LogP contribution in [0.25, 0.3) is 21.9 Å². The first-order valence-electron chi connectivity index (χ1n) is 5.83. The molecular weight excluding hydrogens is 214 g/mol. The van der Waals surface area contributed by atoms with Crippen LogP contribution in [0.15, 0.2) is 40.9 Å². The molecule has 1 aromatic carbocycles. The van der Waals surface area contributed by atoms with Gasteiger partial charge in [0.05, 0.1) is 5.39 Å². The maximum atomic E-state index is 11.8. The lowest BCUT2D eigenvalue weighted by Crippen LogP contribution is -2.25. The van der Waals surface area contributed by atoms with Gasteiger partial charge in [0, 0.05) is 17.9 Å². The summed E-state index contributed by atoms with van der Waals surface area (Å²) in [6, 6.07) is 9.64. The van der Waals surface area contributed by atoms with Crippen LogP contribution in [-0.4, -0.2) is 0 Å². The smallest absolute Gasteiger partial charge is 0.224 e. The van der Waals surface area contributed by atoms with Crippen LogP contribution in [0.2, 0.25) is 0 Å². The van der Waals surface area contributed by atoms with Crippen molar-refractivity contribution in [2.75, 3.05) is 0 Å². The molecule has 3 nitrogen and oxygen atoms in total.